The topological polar surface area (TPSA) is 37.4 Å². The van der Waals surface area contributed by atoms with E-state index in [2.05, 4.69) is 0 Å². The Labute approximate surface area is 123 Å². The Bertz CT molecular complexity index is 723. The fourth-order valence-electron chi connectivity index (χ4n) is 3.56. The smallest absolute Gasteiger partial charge is 0.224 e. The van der Waals surface area contributed by atoms with E-state index in [1.54, 1.807) is 0 Å². The highest BCUT2D eigenvalue weighted by atomic mass is 16.2. The summed E-state index contributed by atoms with van der Waals surface area (Å²) in [4.78, 5) is 26.6. The zero-order valence-corrected chi connectivity index (χ0v) is 11.5. The number of Topliss-reactive ketones (excluding diaryl/α,β-unsaturated/α-hetero) is 1. The molecule has 2 aromatic rings. The molecule has 1 heterocycles. The Morgan fingerprint density at radius 1 is 0.952 bits per heavy atom. The highest BCUT2D eigenvalue weighted by Gasteiger charge is 2.50. The summed E-state index contributed by atoms with van der Waals surface area (Å²) in [5.41, 5.74) is 2.90. The van der Waals surface area contributed by atoms with Crippen LogP contribution in [-0.2, 0) is 11.3 Å². The zero-order chi connectivity index (χ0) is 14.4. The normalized spacial score (nSPS) is 23.3. The number of nitrogens with zero attached hydrogens (tertiary/aromatic N) is 1. The molecule has 21 heavy (non-hydrogen) atoms. The van der Waals surface area contributed by atoms with Crippen molar-refractivity contribution in [1.29, 1.82) is 0 Å². The molecular formula is C18H15NO2. The van der Waals surface area contributed by atoms with Gasteiger partial charge in [0.2, 0.25) is 5.91 Å². The van der Waals surface area contributed by atoms with Crippen LogP contribution in [0.25, 0.3) is 0 Å². The number of carbonyl (C=O) groups excluding carboxylic acids is 2. The Kier molecular flexibility index (Phi) is 2.67. The van der Waals surface area contributed by atoms with Gasteiger partial charge < -0.3 is 4.90 Å². The standard InChI is InChI=1S/C18H15NO2/c20-16-10-15-17(13-8-4-5-9-14(13)18(15)21)19(16)11-12-6-2-1-3-7-12/h1-9,15,17H,10-11H2/t15-,17-/m1/s1. The summed E-state index contributed by atoms with van der Waals surface area (Å²) in [5, 5.41) is 0. The van der Waals surface area contributed by atoms with Crippen LogP contribution >= 0.6 is 0 Å². The van der Waals surface area contributed by atoms with Crippen LogP contribution in [-0.4, -0.2) is 16.6 Å². The number of likely N-dealkylation sites (tertiary alicyclic amines) is 1. The van der Waals surface area contributed by atoms with Gasteiger partial charge in [0.1, 0.15) is 0 Å². The van der Waals surface area contributed by atoms with Crippen LogP contribution in [0.2, 0.25) is 0 Å². The average Bonchev–Trinajstić information content (AvgIpc) is 2.98. The molecule has 0 aromatic heterocycles. The molecule has 0 saturated carbocycles. The molecule has 1 aliphatic carbocycles. The lowest BCUT2D eigenvalue weighted by Crippen LogP contribution is -2.27. The predicted octanol–water partition coefficient (Wildman–Crippen LogP) is 2.97. The van der Waals surface area contributed by atoms with Crippen LogP contribution in [0.4, 0.5) is 0 Å². The number of benzene rings is 2. The molecule has 0 bridgehead atoms. The lowest BCUT2D eigenvalue weighted by Gasteiger charge is -2.24. The molecule has 4 rings (SSSR count). The molecule has 1 aliphatic heterocycles. The van der Waals surface area contributed by atoms with Crippen molar-refractivity contribution in [3.8, 4) is 0 Å². The van der Waals surface area contributed by atoms with Crippen molar-refractivity contribution in [2.75, 3.05) is 0 Å². The first kappa shape index (κ1) is 12.3. The number of hydrogen-bond donors (Lipinski definition) is 0. The molecule has 1 saturated heterocycles. The first-order chi connectivity index (χ1) is 10.3. The largest absolute Gasteiger partial charge is 0.331 e. The molecule has 104 valence electrons. The fourth-order valence-corrected chi connectivity index (χ4v) is 3.56. The van der Waals surface area contributed by atoms with Gasteiger partial charge in [-0.15, -0.1) is 0 Å². The molecule has 0 spiro atoms. The molecule has 1 amide bonds. The Hall–Kier alpha value is -2.42. The van der Waals surface area contributed by atoms with E-state index >= 15 is 0 Å². The van der Waals surface area contributed by atoms with Crippen molar-refractivity contribution in [2.45, 2.75) is 19.0 Å². The molecule has 1 fully saturated rings. The summed E-state index contributed by atoms with van der Waals surface area (Å²) in [7, 11) is 0. The lowest BCUT2D eigenvalue weighted by atomic mass is 10.0. The molecule has 3 nitrogen and oxygen atoms in total. The van der Waals surface area contributed by atoms with Crippen molar-refractivity contribution in [3.63, 3.8) is 0 Å². The summed E-state index contributed by atoms with van der Waals surface area (Å²) < 4.78 is 0. The lowest BCUT2D eigenvalue weighted by molar-refractivity contribution is -0.129. The van der Waals surface area contributed by atoms with Crippen LogP contribution in [0.15, 0.2) is 54.6 Å². The third-order valence-corrected chi connectivity index (χ3v) is 4.51. The van der Waals surface area contributed by atoms with Crippen molar-refractivity contribution >= 4 is 11.7 Å². The molecule has 3 heteroatoms. The second-order valence-electron chi connectivity index (χ2n) is 5.71. The second kappa shape index (κ2) is 4.55. The van der Waals surface area contributed by atoms with Gasteiger partial charge in [-0.25, -0.2) is 0 Å². The summed E-state index contributed by atoms with van der Waals surface area (Å²) in [5.74, 6) is 0.00910. The van der Waals surface area contributed by atoms with Gasteiger partial charge in [-0.1, -0.05) is 54.6 Å². The first-order valence-corrected chi connectivity index (χ1v) is 7.22. The SMILES string of the molecule is O=C1c2ccccc2[C@@H]2[C@H]1CC(=O)N2Cc1ccccc1. The highest BCUT2D eigenvalue weighted by Crippen LogP contribution is 2.47. The highest BCUT2D eigenvalue weighted by molar-refractivity contribution is 6.06. The maximum Gasteiger partial charge on any atom is 0.224 e. The minimum Gasteiger partial charge on any atom is -0.331 e. The molecule has 0 unspecified atom stereocenters. The van der Waals surface area contributed by atoms with E-state index in [-0.39, 0.29) is 23.7 Å². The van der Waals surface area contributed by atoms with Gasteiger partial charge in [0.25, 0.3) is 0 Å². The Balaban J connectivity index is 1.73. The van der Waals surface area contributed by atoms with Gasteiger partial charge in [-0.05, 0) is 11.1 Å². The van der Waals surface area contributed by atoms with Gasteiger partial charge in [0.05, 0.1) is 12.0 Å². The minimum atomic E-state index is -0.196. The maximum atomic E-state index is 12.4. The van der Waals surface area contributed by atoms with Crippen molar-refractivity contribution in [2.24, 2.45) is 5.92 Å². The van der Waals surface area contributed by atoms with Gasteiger partial charge in [-0.2, -0.15) is 0 Å². The van der Waals surface area contributed by atoms with Crippen LogP contribution in [0.1, 0.15) is 33.9 Å². The van der Waals surface area contributed by atoms with Crippen molar-refractivity contribution in [1.82, 2.24) is 4.90 Å². The van der Waals surface area contributed by atoms with Crippen LogP contribution < -0.4 is 0 Å². The van der Waals surface area contributed by atoms with Crippen LogP contribution in [0.5, 0.6) is 0 Å². The Morgan fingerprint density at radius 2 is 1.67 bits per heavy atom. The number of hydrogen-bond acceptors (Lipinski definition) is 2. The van der Waals surface area contributed by atoms with E-state index in [9.17, 15) is 9.59 Å². The summed E-state index contributed by atoms with van der Waals surface area (Å²) in [6, 6.07) is 17.6. The van der Waals surface area contributed by atoms with E-state index < -0.39 is 0 Å². The van der Waals surface area contributed by atoms with Crippen molar-refractivity contribution in [3.05, 3.63) is 71.3 Å². The van der Waals surface area contributed by atoms with Gasteiger partial charge in [-0.3, -0.25) is 9.59 Å². The number of amides is 1. The third kappa shape index (κ3) is 1.81. The molecular weight excluding hydrogens is 262 g/mol. The van der Waals surface area contributed by atoms with E-state index in [4.69, 9.17) is 0 Å². The average molecular weight is 277 g/mol. The molecule has 2 atom stereocenters. The zero-order valence-electron chi connectivity index (χ0n) is 11.5. The first-order valence-electron chi connectivity index (χ1n) is 7.22. The summed E-state index contributed by atoms with van der Waals surface area (Å²) in [6.45, 7) is 0.572. The second-order valence-corrected chi connectivity index (χ2v) is 5.71. The summed E-state index contributed by atoms with van der Waals surface area (Å²) >= 11 is 0. The summed E-state index contributed by atoms with van der Waals surface area (Å²) in [6.07, 6.45) is 0.338. The van der Waals surface area contributed by atoms with Gasteiger partial charge in [0.15, 0.2) is 5.78 Å². The van der Waals surface area contributed by atoms with E-state index in [1.165, 1.54) is 0 Å². The number of carbonyl (C=O) groups is 2. The van der Waals surface area contributed by atoms with Crippen molar-refractivity contribution < 1.29 is 9.59 Å². The van der Waals surface area contributed by atoms with Crippen LogP contribution in [0, 0.1) is 5.92 Å². The van der Waals surface area contributed by atoms with E-state index in [0.717, 1.165) is 16.7 Å². The van der Waals surface area contributed by atoms with Gasteiger partial charge in [0, 0.05) is 18.5 Å². The third-order valence-electron chi connectivity index (χ3n) is 4.51. The molecule has 0 N–H and O–H groups in total. The van der Waals surface area contributed by atoms with Gasteiger partial charge >= 0.3 is 0 Å². The Morgan fingerprint density at radius 3 is 2.48 bits per heavy atom. The number of rotatable bonds is 2. The molecule has 2 aliphatic rings. The monoisotopic (exact) mass is 277 g/mol. The van der Waals surface area contributed by atoms with E-state index in [0.29, 0.717) is 13.0 Å². The van der Waals surface area contributed by atoms with E-state index in [1.807, 2.05) is 59.5 Å². The van der Waals surface area contributed by atoms with Crippen LogP contribution in [0.3, 0.4) is 0 Å². The number of fused-ring (bicyclic) bond motifs is 3. The minimum absolute atomic E-state index is 0.0803. The molecule has 0 radical (unpaired) electrons. The fraction of sp³-hybridized carbons (Fsp3) is 0.222. The number of ketones is 1. The predicted molar refractivity (Wildman–Crippen MR) is 78.6 cm³/mol. The maximum absolute atomic E-state index is 12.4. The quantitative estimate of drug-likeness (QED) is 0.846. The molecule has 2 aromatic carbocycles.